The summed E-state index contributed by atoms with van der Waals surface area (Å²) in [6, 6.07) is 9.42. The Hall–Kier alpha value is -2.37. The molecule has 3 rings (SSSR count). The standard InChI is InChI=1S/C19H25N3O3/c1-14(23)21-10-5-8-16(13-21)18(24)20-17-9-11-22(19(17)25)12-15-6-3-2-4-7-15/h2-4,6-7,16-17H,5,8-13H2,1H3,(H,20,24)/t16-,17+/m0/s1. The molecular formula is C19H25N3O3. The van der Waals surface area contributed by atoms with E-state index in [0.29, 0.717) is 32.6 Å². The lowest BCUT2D eigenvalue weighted by Gasteiger charge is -2.31. The normalized spacial score (nSPS) is 23.6. The van der Waals surface area contributed by atoms with Gasteiger partial charge in [-0.05, 0) is 24.8 Å². The molecule has 0 unspecified atom stereocenters. The van der Waals surface area contributed by atoms with Crippen molar-refractivity contribution in [3.8, 4) is 0 Å². The molecule has 25 heavy (non-hydrogen) atoms. The number of carbonyl (C=O) groups is 3. The van der Waals surface area contributed by atoms with Crippen LogP contribution in [0.15, 0.2) is 30.3 Å². The third kappa shape index (κ3) is 4.18. The van der Waals surface area contributed by atoms with E-state index in [1.54, 1.807) is 9.80 Å². The maximum atomic E-state index is 12.5. The lowest BCUT2D eigenvalue weighted by Crippen LogP contribution is -2.48. The molecule has 1 aromatic rings. The molecule has 0 radical (unpaired) electrons. The van der Waals surface area contributed by atoms with E-state index in [0.717, 1.165) is 18.4 Å². The van der Waals surface area contributed by atoms with Crippen molar-refractivity contribution in [1.82, 2.24) is 15.1 Å². The Labute approximate surface area is 148 Å². The molecule has 2 aliphatic rings. The minimum atomic E-state index is -0.441. The number of carbonyl (C=O) groups excluding carboxylic acids is 3. The van der Waals surface area contributed by atoms with Crippen LogP contribution in [-0.2, 0) is 20.9 Å². The van der Waals surface area contributed by atoms with Crippen LogP contribution in [0.1, 0.15) is 31.7 Å². The number of benzene rings is 1. The van der Waals surface area contributed by atoms with Gasteiger partial charge in [0, 0.05) is 33.1 Å². The highest BCUT2D eigenvalue weighted by Gasteiger charge is 2.35. The highest BCUT2D eigenvalue weighted by atomic mass is 16.2. The number of amides is 3. The Balaban J connectivity index is 1.54. The molecular weight excluding hydrogens is 318 g/mol. The second-order valence-corrected chi connectivity index (χ2v) is 6.90. The number of rotatable bonds is 4. The predicted octanol–water partition coefficient (Wildman–Crippen LogP) is 1.16. The zero-order chi connectivity index (χ0) is 17.8. The van der Waals surface area contributed by atoms with E-state index in [1.165, 1.54) is 6.92 Å². The highest BCUT2D eigenvalue weighted by Crippen LogP contribution is 2.19. The molecule has 0 spiro atoms. The van der Waals surface area contributed by atoms with Crippen LogP contribution in [0.3, 0.4) is 0 Å². The van der Waals surface area contributed by atoms with Crippen molar-refractivity contribution in [2.45, 2.75) is 38.8 Å². The largest absolute Gasteiger partial charge is 0.344 e. The zero-order valence-electron chi connectivity index (χ0n) is 14.6. The summed E-state index contributed by atoms with van der Waals surface area (Å²) >= 11 is 0. The topological polar surface area (TPSA) is 69.7 Å². The number of hydrogen-bond acceptors (Lipinski definition) is 3. The van der Waals surface area contributed by atoms with E-state index < -0.39 is 6.04 Å². The quantitative estimate of drug-likeness (QED) is 0.892. The van der Waals surface area contributed by atoms with Gasteiger partial charge >= 0.3 is 0 Å². The van der Waals surface area contributed by atoms with Crippen molar-refractivity contribution in [2.75, 3.05) is 19.6 Å². The SMILES string of the molecule is CC(=O)N1CCC[C@H](C(=O)N[C@@H]2CCN(Cc3ccccc3)C2=O)C1. The van der Waals surface area contributed by atoms with Crippen molar-refractivity contribution in [2.24, 2.45) is 5.92 Å². The summed E-state index contributed by atoms with van der Waals surface area (Å²) in [7, 11) is 0. The monoisotopic (exact) mass is 343 g/mol. The van der Waals surface area contributed by atoms with Crippen LogP contribution in [0.5, 0.6) is 0 Å². The summed E-state index contributed by atoms with van der Waals surface area (Å²) in [5, 5.41) is 2.91. The second kappa shape index (κ2) is 7.68. The molecule has 1 N–H and O–H groups in total. The molecule has 6 heteroatoms. The van der Waals surface area contributed by atoms with Crippen molar-refractivity contribution in [1.29, 1.82) is 0 Å². The number of hydrogen-bond donors (Lipinski definition) is 1. The van der Waals surface area contributed by atoms with E-state index in [4.69, 9.17) is 0 Å². The molecule has 0 aromatic heterocycles. The molecule has 0 aliphatic carbocycles. The van der Waals surface area contributed by atoms with Gasteiger partial charge in [0.25, 0.3) is 0 Å². The summed E-state index contributed by atoms with van der Waals surface area (Å²) in [5.74, 6) is -0.334. The van der Waals surface area contributed by atoms with Gasteiger partial charge in [-0.3, -0.25) is 14.4 Å². The van der Waals surface area contributed by atoms with Gasteiger partial charge in [-0.25, -0.2) is 0 Å². The number of likely N-dealkylation sites (tertiary alicyclic amines) is 2. The molecule has 3 amide bonds. The van der Waals surface area contributed by atoms with E-state index in [1.807, 2.05) is 30.3 Å². The second-order valence-electron chi connectivity index (χ2n) is 6.90. The number of nitrogens with one attached hydrogen (secondary N) is 1. The first-order valence-electron chi connectivity index (χ1n) is 8.93. The Morgan fingerprint density at radius 3 is 2.64 bits per heavy atom. The van der Waals surface area contributed by atoms with E-state index >= 15 is 0 Å². The lowest BCUT2D eigenvalue weighted by atomic mass is 9.96. The minimum absolute atomic E-state index is 0.00322. The van der Waals surface area contributed by atoms with Crippen LogP contribution >= 0.6 is 0 Å². The summed E-state index contributed by atoms with van der Waals surface area (Å²) in [6.45, 7) is 3.93. The summed E-state index contributed by atoms with van der Waals surface area (Å²) in [6.07, 6.45) is 2.24. The van der Waals surface area contributed by atoms with Crippen LogP contribution in [0.25, 0.3) is 0 Å². The van der Waals surface area contributed by atoms with Gasteiger partial charge in [0.05, 0.1) is 5.92 Å². The predicted molar refractivity (Wildman–Crippen MR) is 93.4 cm³/mol. The van der Waals surface area contributed by atoms with Crippen LogP contribution in [-0.4, -0.2) is 53.2 Å². The van der Waals surface area contributed by atoms with Crippen molar-refractivity contribution >= 4 is 17.7 Å². The van der Waals surface area contributed by atoms with Crippen molar-refractivity contribution in [3.05, 3.63) is 35.9 Å². The maximum absolute atomic E-state index is 12.5. The fourth-order valence-corrected chi connectivity index (χ4v) is 3.60. The fraction of sp³-hybridized carbons (Fsp3) is 0.526. The van der Waals surface area contributed by atoms with Gasteiger partial charge < -0.3 is 15.1 Å². The molecule has 134 valence electrons. The van der Waals surface area contributed by atoms with E-state index in [2.05, 4.69) is 5.32 Å². The van der Waals surface area contributed by atoms with Crippen LogP contribution in [0.4, 0.5) is 0 Å². The molecule has 6 nitrogen and oxygen atoms in total. The van der Waals surface area contributed by atoms with E-state index in [9.17, 15) is 14.4 Å². The molecule has 0 saturated carbocycles. The molecule has 0 bridgehead atoms. The Morgan fingerprint density at radius 1 is 1.16 bits per heavy atom. The molecule has 2 saturated heterocycles. The first-order valence-corrected chi connectivity index (χ1v) is 8.93. The van der Waals surface area contributed by atoms with Gasteiger partial charge in [0.15, 0.2) is 0 Å². The smallest absolute Gasteiger partial charge is 0.245 e. The lowest BCUT2D eigenvalue weighted by molar-refractivity contribution is -0.137. The van der Waals surface area contributed by atoms with Gasteiger partial charge in [0.1, 0.15) is 6.04 Å². The van der Waals surface area contributed by atoms with E-state index in [-0.39, 0.29) is 23.6 Å². The average Bonchev–Trinajstić information content (AvgIpc) is 2.96. The third-order valence-electron chi connectivity index (χ3n) is 5.07. The maximum Gasteiger partial charge on any atom is 0.245 e. The summed E-state index contributed by atoms with van der Waals surface area (Å²) < 4.78 is 0. The Bertz CT molecular complexity index is 647. The fourth-order valence-electron chi connectivity index (χ4n) is 3.60. The van der Waals surface area contributed by atoms with Crippen molar-refractivity contribution < 1.29 is 14.4 Å². The molecule has 2 aliphatic heterocycles. The third-order valence-corrected chi connectivity index (χ3v) is 5.07. The highest BCUT2D eigenvalue weighted by molar-refractivity contribution is 5.90. The zero-order valence-corrected chi connectivity index (χ0v) is 14.6. The molecule has 2 fully saturated rings. The van der Waals surface area contributed by atoms with Gasteiger partial charge in [-0.15, -0.1) is 0 Å². The Morgan fingerprint density at radius 2 is 1.92 bits per heavy atom. The average molecular weight is 343 g/mol. The van der Waals surface area contributed by atoms with Gasteiger partial charge in [0.2, 0.25) is 17.7 Å². The first-order chi connectivity index (χ1) is 12.0. The summed E-state index contributed by atoms with van der Waals surface area (Å²) in [4.78, 5) is 40.1. The minimum Gasteiger partial charge on any atom is -0.344 e. The molecule has 2 atom stereocenters. The van der Waals surface area contributed by atoms with Gasteiger partial charge in [-0.1, -0.05) is 30.3 Å². The summed E-state index contributed by atoms with van der Waals surface area (Å²) in [5.41, 5.74) is 1.09. The van der Waals surface area contributed by atoms with Crippen LogP contribution in [0.2, 0.25) is 0 Å². The van der Waals surface area contributed by atoms with Crippen LogP contribution in [0, 0.1) is 5.92 Å². The molecule has 2 heterocycles. The Kier molecular flexibility index (Phi) is 5.36. The van der Waals surface area contributed by atoms with Gasteiger partial charge in [-0.2, -0.15) is 0 Å². The van der Waals surface area contributed by atoms with Crippen LogP contribution < -0.4 is 5.32 Å². The molecule has 1 aromatic carbocycles. The number of nitrogens with zero attached hydrogens (tertiary/aromatic N) is 2. The number of piperidine rings is 1. The first kappa shape index (κ1) is 17.5. The van der Waals surface area contributed by atoms with Crippen molar-refractivity contribution in [3.63, 3.8) is 0 Å².